The van der Waals surface area contributed by atoms with Crippen LogP contribution in [0.5, 0.6) is 0 Å². The van der Waals surface area contributed by atoms with Gasteiger partial charge in [-0.15, -0.1) is 0 Å². The molecule has 1 atom stereocenters. The average molecular weight is 297 g/mol. The summed E-state index contributed by atoms with van der Waals surface area (Å²) in [6.45, 7) is 6.86. The van der Waals surface area contributed by atoms with E-state index in [1.54, 1.807) is 20.8 Å². The summed E-state index contributed by atoms with van der Waals surface area (Å²) < 4.78 is 6.31. The second-order valence-electron chi connectivity index (χ2n) is 5.74. The number of esters is 1. The molecule has 1 unspecified atom stereocenters. The number of nitrogens with zero attached hydrogens (tertiary/aromatic N) is 2. The summed E-state index contributed by atoms with van der Waals surface area (Å²) in [4.78, 5) is 33.8. The van der Waals surface area contributed by atoms with E-state index in [4.69, 9.17) is 4.74 Å². The van der Waals surface area contributed by atoms with Gasteiger partial charge in [-0.05, 0) is 27.7 Å². The number of carbonyl (C=O) groups excluding carboxylic acids is 2. The van der Waals surface area contributed by atoms with E-state index < -0.39 is 28.4 Å². The Bertz CT molecular complexity index is 571. The van der Waals surface area contributed by atoms with Crippen LogP contribution in [0.4, 0.5) is 5.69 Å². The van der Waals surface area contributed by atoms with Crippen molar-refractivity contribution in [2.45, 2.75) is 39.3 Å². The van der Waals surface area contributed by atoms with Crippen LogP contribution >= 0.6 is 0 Å². The number of nitrogens with one attached hydrogen (secondary N) is 1. The van der Waals surface area contributed by atoms with Gasteiger partial charge in [0.1, 0.15) is 5.69 Å². The summed E-state index contributed by atoms with van der Waals surface area (Å²) in [6.07, 6.45) is 0.210. The molecule has 0 aliphatic carbocycles. The Morgan fingerprint density at radius 3 is 2.43 bits per heavy atom. The van der Waals surface area contributed by atoms with Gasteiger partial charge in [0.15, 0.2) is 6.10 Å². The fourth-order valence-electron chi connectivity index (χ4n) is 1.60. The Morgan fingerprint density at radius 2 is 2.00 bits per heavy atom. The zero-order valence-corrected chi connectivity index (χ0v) is 12.7. The molecule has 1 amide bonds. The molecule has 0 aromatic carbocycles. The molecule has 8 nitrogen and oxygen atoms in total. The highest BCUT2D eigenvalue weighted by molar-refractivity contribution is 5.91. The van der Waals surface area contributed by atoms with Crippen molar-refractivity contribution in [3.05, 3.63) is 28.1 Å². The SMILES string of the molecule is CC(OC(=O)c1cc([N+](=O)[O-])cn1C)C(=O)NC(C)(C)C. The van der Waals surface area contributed by atoms with Crippen molar-refractivity contribution in [1.29, 1.82) is 0 Å². The minimum absolute atomic E-state index is 0.0112. The molecule has 1 heterocycles. The summed E-state index contributed by atoms with van der Waals surface area (Å²) >= 11 is 0. The third-order valence-corrected chi connectivity index (χ3v) is 2.56. The lowest BCUT2D eigenvalue weighted by molar-refractivity contribution is -0.384. The van der Waals surface area contributed by atoms with E-state index >= 15 is 0 Å². The van der Waals surface area contributed by atoms with E-state index in [1.807, 2.05) is 0 Å². The van der Waals surface area contributed by atoms with Gasteiger partial charge in [0.25, 0.3) is 11.6 Å². The lowest BCUT2D eigenvalue weighted by atomic mass is 10.1. The number of aromatic nitrogens is 1. The molecule has 1 rings (SSSR count). The van der Waals surface area contributed by atoms with Crippen LogP contribution in [0.3, 0.4) is 0 Å². The first-order valence-corrected chi connectivity index (χ1v) is 6.35. The molecule has 0 saturated heterocycles. The highest BCUT2D eigenvalue weighted by Crippen LogP contribution is 2.16. The molecule has 1 N–H and O–H groups in total. The van der Waals surface area contributed by atoms with Crippen molar-refractivity contribution in [3.63, 3.8) is 0 Å². The summed E-state index contributed by atoms with van der Waals surface area (Å²) in [7, 11) is 1.49. The van der Waals surface area contributed by atoms with Gasteiger partial charge in [0.2, 0.25) is 0 Å². The third kappa shape index (κ3) is 4.59. The Morgan fingerprint density at radius 1 is 1.43 bits per heavy atom. The summed E-state index contributed by atoms with van der Waals surface area (Å²) in [5.74, 6) is -1.22. The number of hydrogen-bond donors (Lipinski definition) is 1. The van der Waals surface area contributed by atoms with E-state index in [0.717, 1.165) is 6.07 Å². The standard InChI is InChI=1S/C13H19N3O5/c1-8(11(17)14-13(2,3)4)21-12(18)10-6-9(16(19)20)7-15(10)5/h6-8H,1-5H3,(H,14,17). The normalized spacial score (nSPS) is 12.6. The average Bonchev–Trinajstić information content (AvgIpc) is 2.69. The second kappa shape index (κ2) is 5.94. The highest BCUT2D eigenvalue weighted by atomic mass is 16.6. The van der Waals surface area contributed by atoms with Crippen LogP contribution in [0, 0.1) is 10.1 Å². The van der Waals surface area contributed by atoms with Gasteiger partial charge in [-0.1, -0.05) is 0 Å². The molecule has 1 aromatic rings. The number of ether oxygens (including phenoxy) is 1. The fraction of sp³-hybridized carbons (Fsp3) is 0.538. The number of carbonyl (C=O) groups is 2. The Balaban J connectivity index is 2.77. The van der Waals surface area contributed by atoms with Crippen LogP contribution in [0.1, 0.15) is 38.2 Å². The fourth-order valence-corrected chi connectivity index (χ4v) is 1.60. The maximum Gasteiger partial charge on any atom is 0.355 e. The van der Waals surface area contributed by atoms with Gasteiger partial charge < -0.3 is 14.6 Å². The molecule has 0 fully saturated rings. The van der Waals surface area contributed by atoms with Crippen molar-refractivity contribution in [2.75, 3.05) is 0 Å². The molecule has 0 saturated carbocycles. The zero-order chi connectivity index (χ0) is 16.4. The van der Waals surface area contributed by atoms with E-state index in [9.17, 15) is 19.7 Å². The Kier molecular flexibility index (Phi) is 4.72. The number of rotatable bonds is 4. The van der Waals surface area contributed by atoms with Crippen LogP contribution in [0.15, 0.2) is 12.3 Å². The number of nitro groups is 1. The van der Waals surface area contributed by atoms with E-state index in [0.29, 0.717) is 0 Å². The van der Waals surface area contributed by atoms with Gasteiger partial charge in [0, 0.05) is 18.7 Å². The van der Waals surface area contributed by atoms with Gasteiger partial charge in [-0.25, -0.2) is 4.79 Å². The predicted molar refractivity (Wildman–Crippen MR) is 74.8 cm³/mol. The van der Waals surface area contributed by atoms with Gasteiger partial charge >= 0.3 is 5.97 Å². The zero-order valence-electron chi connectivity index (χ0n) is 12.7. The Labute approximate surface area is 122 Å². The van der Waals surface area contributed by atoms with Crippen LogP contribution in [-0.2, 0) is 16.6 Å². The van der Waals surface area contributed by atoms with Gasteiger partial charge in [-0.3, -0.25) is 14.9 Å². The topological polar surface area (TPSA) is 103 Å². The van der Waals surface area contributed by atoms with E-state index in [1.165, 1.54) is 24.7 Å². The molecule has 21 heavy (non-hydrogen) atoms. The largest absolute Gasteiger partial charge is 0.448 e. The predicted octanol–water partition coefficient (Wildman–Crippen LogP) is 1.39. The van der Waals surface area contributed by atoms with Crippen LogP contribution in [-0.4, -0.2) is 33.0 Å². The first-order chi connectivity index (χ1) is 9.51. The van der Waals surface area contributed by atoms with Crippen molar-refractivity contribution >= 4 is 17.6 Å². The first kappa shape index (κ1) is 16.7. The van der Waals surface area contributed by atoms with Crippen LogP contribution in [0.2, 0.25) is 0 Å². The monoisotopic (exact) mass is 297 g/mol. The Hall–Kier alpha value is -2.38. The third-order valence-electron chi connectivity index (χ3n) is 2.56. The smallest absolute Gasteiger partial charge is 0.355 e. The minimum atomic E-state index is -0.995. The molecule has 0 aliphatic heterocycles. The number of amides is 1. The molecule has 0 radical (unpaired) electrons. The lowest BCUT2D eigenvalue weighted by Crippen LogP contribution is -2.46. The number of aryl methyl sites for hydroxylation is 1. The second-order valence-corrected chi connectivity index (χ2v) is 5.74. The van der Waals surface area contributed by atoms with Crippen molar-refractivity contribution < 1.29 is 19.2 Å². The van der Waals surface area contributed by atoms with E-state index in [2.05, 4.69) is 5.32 Å². The van der Waals surface area contributed by atoms with Crippen LogP contribution in [0.25, 0.3) is 0 Å². The van der Waals surface area contributed by atoms with Crippen LogP contribution < -0.4 is 5.32 Å². The molecule has 0 bridgehead atoms. The molecular weight excluding hydrogens is 278 g/mol. The van der Waals surface area contributed by atoms with Gasteiger partial charge in [0.05, 0.1) is 11.1 Å². The summed E-state index contributed by atoms with van der Waals surface area (Å²) in [6, 6.07) is 1.11. The maximum absolute atomic E-state index is 11.9. The molecule has 0 spiro atoms. The van der Waals surface area contributed by atoms with E-state index in [-0.39, 0.29) is 11.4 Å². The highest BCUT2D eigenvalue weighted by Gasteiger charge is 2.25. The quantitative estimate of drug-likeness (QED) is 0.514. The van der Waals surface area contributed by atoms with Crippen molar-refractivity contribution in [3.8, 4) is 0 Å². The molecule has 116 valence electrons. The summed E-state index contributed by atoms with van der Waals surface area (Å²) in [5.41, 5.74) is -0.644. The van der Waals surface area contributed by atoms with Crippen molar-refractivity contribution in [1.82, 2.24) is 9.88 Å². The van der Waals surface area contributed by atoms with Crippen molar-refractivity contribution in [2.24, 2.45) is 7.05 Å². The summed E-state index contributed by atoms with van der Waals surface area (Å²) in [5, 5.41) is 13.3. The minimum Gasteiger partial charge on any atom is -0.448 e. The first-order valence-electron chi connectivity index (χ1n) is 6.35. The van der Waals surface area contributed by atoms with Gasteiger partial charge in [-0.2, -0.15) is 0 Å². The molecule has 1 aromatic heterocycles. The molecular formula is C13H19N3O5. The molecule has 8 heteroatoms. The lowest BCUT2D eigenvalue weighted by Gasteiger charge is -2.23. The number of hydrogen-bond acceptors (Lipinski definition) is 5. The molecule has 0 aliphatic rings. The maximum atomic E-state index is 11.9.